The van der Waals surface area contributed by atoms with Crippen LogP contribution in [0.2, 0.25) is 0 Å². The van der Waals surface area contributed by atoms with Crippen LogP contribution in [0, 0.1) is 27.7 Å². The standard InChI is InChI=1S/2C10H9NO.C9H10O2/c2*1-7-5-6-8-3-2-4-9(12)10(8)11-7;1-6-3-4-9(11)8(5-10)7(6)2/h2*2-6,12H,1H3;3-5,11H,1-2H3. The number of carbonyl (C=O) groups excluding carboxylic acids is 1. The third kappa shape index (κ3) is 6.12. The SMILES string of the molecule is Cc1ccc(O)c(C=O)c1C.Cc1ccc2cccc(O)c2n1.Cc1ccc2cccc(O)c2n1. The smallest absolute Gasteiger partial charge is 0.154 e. The lowest BCUT2D eigenvalue weighted by atomic mass is 10.0. The van der Waals surface area contributed by atoms with Gasteiger partial charge in [0.2, 0.25) is 0 Å². The predicted molar refractivity (Wildman–Crippen MR) is 139 cm³/mol. The summed E-state index contributed by atoms with van der Waals surface area (Å²) in [6.07, 6.45) is 0.678. The average molecular weight is 469 g/mol. The minimum Gasteiger partial charge on any atom is -0.507 e. The fourth-order valence-corrected chi connectivity index (χ4v) is 3.43. The quantitative estimate of drug-likeness (QED) is 0.249. The Kier molecular flexibility index (Phi) is 8.00. The summed E-state index contributed by atoms with van der Waals surface area (Å²) in [6, 6.07) is 21.9. The molecule has 3 aromatic carbocycles. The van der Waals surface area contributed by atoms with Gasteiger partial charge < -0.3 is 15.3 Å². The van der Waals surface area contributed by atoms with Crippen molar-refractivity contribution in [1.29, 1.82) is 0 Å². The van der Waals surface area contributed by atoms with E-state index < -0.39 is 0 Å². The van der Waals surface area contributed by atoms with Crippen LogP contribution >= 0.6 is 0 Å². The zero-order valence-electron chi connectivity index (χ0n) is 20.1. The van der Waals surface area contributed by atoms with E-state index in [-0.39, 0.29) is 17.2 Å². The van der Waals surface area contributed by atoms with Crippen molar-refractivity contribution >= 4 is 28.1 Å². The normalized spacial score (nSPS) is 10.2. The number of phenolic OH excluding ortho intramolecular Hbond substituents is 3. The summed E-state index contributed by atoms with van der Waals surface area (Å²) in [4.78, 5) is 18.9. The Hall–Kier alpha value is -4.45. The predicted octanol–water partition coefficient (Wildman–Crippen LogP) is 6.32. The number of para-hydroxylation sites is 2. The molecule has 0 aliphatic carbocycles. The summed E-state index contributed by atoms with van der Waals surface area (Å²) in [6.45, 7) is 7.54. The Morgan fingerprint density at radius 2 is 1.09 bits per heavy atom. The van der Waals surface area contributed by atoms with Crippen LogP contribution in [0.4, 0.5) is 0 Å². The molecule has 5 aromatic rings. The Morgan fingerprint density at radius 3 is 1.51 bits per heavy atom. The van der Waals surface area contributed by atoms with Crippen LogP contribution in [-0.4, -0.2) is 31.6 Å². The number of hydrogen-bond donors (Lipinski definition) is 3. The summed E-state index contributed by atoms with van der Waals surface area (Å²) < 4.78 is 0. The molecule has 0 saturated heterocycles. The van der Waals surface area contributed by atoms with E-state index in [0.29, 0.717) is 22.9 Å². The largest absolute Gasteiger partial charge is 0.507 e. The van der Waals surface area contributed by atoms with Crippen molar-refractivity contribution in [2.75, 3.05) is 0 Å². The van der Waals surface area contributed by atoms with E-state index in [0.717, 1.165) is 33.3 Å². The van der Waals surface area contributed by atoms with E-state index in [2.05, 4.69) is 9.97 Å². The minimum absolute atomic E-state index is 0.0584. The number of pyridine rings is 2. The topological polar surface area (TPSA) is 104 Å². The molecule has 178 valence electrons. The van der Waals surface area contributed by atoms with E-state index in [1.807, 2.05) is 76.2 Å². The van der Waals surface area contributed by atoms with Crippen molar-refractivity contribution in [3.05, 3.63) is 101 Å². The van der Waals surface area contributed by atoms with Crippen LogP contribution in [0.5, 0.6) is 17.2 Å². The average Bonchev–Trinajstić information content (AvgIpc) is 2.84. The second-order valence-electron chi connectivity index (χ2n) is 8.16. The molecule has 6 heteroatoms. The first-order valence-electron chi connectivity index (χ1n) is 11.1. The number of nitrogens with zero attached hydrogens (tertiary/aromatic N) is 2. The van der Waals surface area contributed by atoms with Gasteiger partial charge in [0.1, 0.15) is 28.3 Å². The number of rotatable bonds is 1. The van der Waals surface area contributed by atoms with Crippen molar-refractivity contribution < 1.29 is 20.1 Å². The van der Waals surface area contributed by atoms with Gasteiger partial charge in [-0.15, -0.1) is 0 Å². The maximum atomic E-state index is 10.4. The fourth-order valence-electron chi connectivity index (χ4n) is 3.43. The number of fused-ring (bicyclic) bond motifs is 2. The van der Waals surface area contributed by atoms with E-state index in [9.17, 15) is 20.1 Å². The lowest BCUT2D eigenvalue weighted by Crippen LogP contribution is -1.89. The number of aromatic nitrogens is 2. The highest BCUT2D eigenvalue weighted by Gasteiger charge is 2.04. The molecule has 0 aliphatic rings. The van der Waals surface area contributed by atoms with Crippen molar-refractivity contribution in [3.8, 4) is 17.2 Å². The van der Waals surface area contributed by atoms with Crippen LogP contribution in [-0.2, 0) is 0 Å². The summed E-state index contributed by atoms with van der Waals surface area (Å²) >= 11 is 0. The van der Waals surface area contributed by atoms with Crippen molar-refractivity contribution in [2.24, 2.45) is 0 Å². The van der Waals surface area contributed by atoms with E-state index >= 15 is 0 Å². The summed E-state index contributed by atoms with van der Waals surface area (Å²) in [5, 5.41) is 30.0. The monoisotopic (exact) mass is 468 g/mol. The van der Waals surface area contributed by atoms with Crippen LogP contribution in [0.15, 0.2) is 72.8 Å². The molecule has 0 saturated carbocycles. The van der Waals surface area contributed by atoms with Crippen molar-refractivity contribution in [3.63, 3.8) is 0 Å². The highest BCUT2D eigenvalue weighted by Crippen LogP contribution is 2.23. The lowest BCUT2D eigenvalue weighted by Gasteiger charge is -2.03. The molecule has 2 heterocycles. The van der Waals surface area contributed by atoms with Crippen molar-refractivity contribution in [2.45, 2.75) is 27.7 Å². The number of carbonyl (C=O) groups is 1. The molecular formula is C29H28N2O4. The van der Waals surface area contributed by atoms with Gasteiger partial charge in [-0.1, -0.05) is 42.5 Å². The molecule has 35 heavy (non-hydrogen) atoms. The number of aldehydes is 1. The van der Waals surface area contributed by atoms with Gasteiger partial charge in [-0.25, -0.2) is 9.97 Å². The van der Waals surface area contributed by atoms with Crippen LogP contribution < -0.4 is 0 Å². The molecule has 0 atom stereocenters. The van der Waals surface area contributed by atoms with E-state index in [1.54, 1.807) is 18.2 Å². The van der Waals surface area contributed by atoms with Gasteiger partial charge in [0, 0.05) is 22.2 Å². The molecule has 0 fully saturated rings. The van der Waals surface area contributed by atoms with Gasteiger partial charge in [0.05, 0.1) is 5.56 Å². The molecule has 3 N–H and O–H groups in total. The summed E-state index contributed by atoms with van der Waals surface area (Å²) in [5.41, 5.74) is 5.46. The molecule has 0 bridgehead atoms. The first kappa shape index (κ1) is 25.2. The number of aryl methyl sites for hydroxylation is 3. The molecule has 0 aliphatic heterocycles. The van der Waals surface area contributed by atoms with Gasteiger partial charge in [-0.05, 0) is 69.2 Å². The third-order valence-electron chi connectivity index (χ3n) is 5.56. The second kappa shape index (κ2) is 11.1. The van der Waals surface area contributed by atoms with Gasteiger partial charge in [-0.3, -0.25) is 4.79 Å². The van der Waals surface area contributed by atoms with Crippen LogP contribution in [0.3, 0.4) is 0 Å². The first-order valence-corrected chi connectivity index (χ1v) is 11.1. The third-order valence-corrected chi connectivity index (χ3v) is 5.56. The molecular weight excluding hydrogens is 440 g/mol. The zero-order chi connectivity index (χ0) is 25.5. The molecule has 0 spiro atoms. The molecule has 0 amide bonds. The molecule has 0 unspecified atom stereocenters. The molecule has 5 rings (SSSR count). The molecule has 0 radical (unpaired) electrons. The number of hydrogen-bond acceptors (Lipinski definition) is 6. The highest BCUT2D eigenvalue weighted by molar-refractivity contribution is 5.85. The number of phenols is 3. The molecule has 6 nitrogen and oxygen atoms in total. The van der Waals surface area contributed by atoms with Crippen LogP contribution in [0.25, 0.3) is 21.8 Å². The van der Waals surface area contributed by atoms with Crippen LogP contribution in [0.1, 0.15) is 32.9 Å². The Labute approximate surface area is 204 Å². The fraction of sp³-hybridized carbons (Fsp3) is 0.138. The van der Waals surface area contributed by atoms with Gasteiger partial charge in [0.15, 0.2) is 6.29 Å². The Morgan fingerprint density at radius 1 is 0.600 bits per heavy atom. The maximum Gasteiger partial charge on any atom is 0.154 e. The second-order valence-corrected chi connectivity index (χ2v) is 8.16. The summed E-state index contributed by atoms with van der Waals surface area (Å²) in [5.74, 6) is 0.551. The number of aromatic hydroxyl groups is 3. The lowest BCUT2D eigenvalue weighted by molar-refractivity contribution is 0.112. The number of benzene rings is 3. The summed E-state index contributed by atoms with van der Waals surface area (Å²) in [7, 11) is 0. The Balaban J connectivity index is 0.000000147. The zero-order valence-corrected chi connectivity index (χ0v) is 20.1. The van der Waals surface area contributed by atoms with E-state index in [4.69, 9.17) is 0 Å². The maximum absolute atomic E-state index is 10.4. The minimum atomic E-state index is 0.0584. The Bertz CT molecular complexity index is 1410. The van der Waals surface area contributed by atoms with Gasteiger partial charge in [-0.2, -0.15) is 0 Å². The van der Waals surface area contributed by atoms with Gasteiger partial charge in [0.25, 0.3) is 0 Å². The van der Waals surface area contributed by atoms with E-state index in [1.165, 1.54) is 6.07 Å². The molecule has 2 aromatic heterocycles. The highest BCUT2D eigenvalue weighted by atomic mass is 16.3. The van der Waals surface area contributed by atoms with Gasteiger partial charge >= 0.3 is 0 Å². The first-order chi connectivity index (χ1) is 16.7. The van der Waals surface area contributed by atoms with Crippen molar-refractivity contribution in [1.82, 2.24) is 9.97 Å².